The fourth-order valence-corrected chi connectivity index (χ4v) is 2.03. The van der Waals surface area contributed by atoms with Gasteiger partial charge in [-0.25, -0.2) is 0 Å². The first-order valence-corrected chi connectivity index (χ1v) is 6.78. The summed E-state index contributed by atoms with van der Waals surface area (Å²) < 4.78 is 0. The molecule has 0 unspecified atom stereocenters. The molecule has 96 valence electrons. The summed E-state index contributed by atoms with van der Waals surface area (Å²) in [5.74, 6) is 0.150. The van der Waals surface area contributed by atoms with Gasteiger partial charge in [0, 0.05) is 24.0 Å². The van der Waals surface area contributed by atoms with Crippen LogP contribution in [0, 0.1) is 0 Å². The number of nitrogens with zero attached hydrogens (tertiary/aromatic N) is 1. The molecular formula is C13H22N2OS. The van der Waals surface area contributed by atoms with Crippen molar-refractivity contribution >= 4 is 17.2 Å². The Bertz CT molecular complexity index is 341. The Labute approximate surface area is 108 Å². The van der Waals surface area contributed by atoms with Crippen LogP contribution in [-0.4, -0.2) is 36.5 Å². The molecule has 0 aliphatic rings. The number of hydrogen-bond donors (Lipinski definition) is 1. The van der Waals surface area contributed by atoms with Gasteiger partial charge in [0.25, 0.3) is 0 Å². The van der Waals surface area contributed by atoms with Crippen molar-refractivity contribution in [1.29, 1.82) is 0 Å². The average Bonchev–Trinajstić information content (AvgIpc) is 2.74. The number of amides is 1. The molecule has 4 heteroatoms. The second-order valence-corrected chi connectivity index (χ2v) is 6.28. The van der Waals surface area contributed by atoms with Crippen molar-refractivity contribution < 1.29 is 4.79 Å². The third-order valence-electron chi connectivity index (χ3n) is 2.47. The maximum Gasteiger partial charge on any atom is 0.236 e. The van der Waals surface area contributed by atoms with E-state index < -0.39 is 0 Å². The maximum absolute atomic E-state index is 11.8. The Morgan fingerprint density at radius 2 is 2.18 bits per heavy atom. The Kier molecular flexibility index (Phi) is 5.15. The molecule has 1 aromatic rings. The van der Waals surface area contributed by atoms with Crippen LogP contribution in [0.25, 0.3) is 0 Å². The van der Waals surface area contributed by atoms with Crippen molar-refractivity contribution in [2.24, 2.45) is 0 Å². The van der Waals surface area contributed by atoms with Gasteiger partial charge in [0.15, 0.2) is 0 Å². The minimum atomic E-state index is -0.00967. The summed E-state index contributed by atoms with van der Waals surface area (Å²) in [4.78, 5) is 14.9. The fraction of sp³-hybridized carbons (Fsp3) is 0.615. The van der Waals surface area contributed by atoms with E-state index >= 15 is 0 Å². The highest BCUT2D eigenvalue weighted by Crippen LogP contribution is 2.09. The first-order chi connectivity index (χ1) is 7.88. The second kappa shape index (κ2) is 6.17. The zero-order valence-corrected chi connectivity index (χ0v) is 11.9. The number of hydrogen-bond acceptors (Lipinski definition) is 3. The quantitative estimate of drug-likeness (QED) is 0.873. The van der Waals surface area contributed by atoms with Crippen LogP contribution in [0.3, 0.4) is 0 Å². The zero-order valence-electron chi connectivity index (χ0n) is 11.1. The lowest BCUT2D eigenvalue weighted by atomic mass is 10.1. The highest BCUT2D eigenvalue weighted by atomic mass is 32.1. The lowest BCUT2D eigenvalue weighted by Crippen LogP contribution is -2.44. The molecule has 1 N–H and O–H groups in total. The van der Waals surface area contributed by atoms with E-state index in [0.717, 1.165) is 13.0 Å². The average molecular weight is 254 g/mol. The minimum absolute atomic E-state index is 0.00967. The number of carbonyl (C=O) groups is 1. The fourth-order valence-electron chi connectivity index (χ4n) is 1.33. The number of nitrogens with one attached hydrogen (secondary N) is 1. The van der Waals surface area contributed by atoms with E-state index in [1.54, 1.807) is 16.2 Å². The molecular weight excluding hydrogens is 232 g/mol. The Morgan fingerprint density at radius 3 is 2.71 bits per heavy atom. The molecule has 0 bridgehead atoms. The summed E-state index contributed by atoms with van der Waals surface area (Å²) in [6, 6.07) is 4.15. The van der Waals surface area contributed by atoms with Gasteiger partial charge in [-0.3, -0.25) is 4.79 Å². The van der Waals surface area contributed by atoms with Gasteiger partial charge < -0.3 is 10.2 Å². The summed E-state index contributed by atoms with van der Waals surface area (Å²) in [5, 5.41) is 5.27. The number of thiophene rings is 1. The van der Waals surface area contributed by atoms with Gasteiger partial charge in [-0.2, -0.15) is 0 Å². The van der Waals surface area contributed by atoms with Crippen LogP contribution in [0.15, 0.2) is 17.5 Å². The zero-order chi connectivity index (χ0) is 12.9. The number of likely N-dealkylation sites (N-methyl/N-ethyl adjacent to an activating group) is 1. The summed E-state index contributed by atoms with van der Waals surface area (Å²) >= 11 is 1.74. The van der Waals surface area contributed by atoms with Crippen LogP contribution in [0.5, 0.6) is 0 Å². The number of rotatable bonds is 5. The van der Waals surface area contributed by atoms with E-state index in [9.17, 15) is 4.79 Å². The molecule has 3 nitrogen and oxygen atoms in total. The van der Waals surface area contributed by atoms with Crippen LogP contribution >= 0.6 is 11.3 Å². The Hall–Kier alpha value is -0.870. The third kappa shape index (κ3) is 5.84. The summed E-state index contributed by atoms with van der Waals surface area (Å²) in [6.45, 7) is 7.37. The minimum Gasteiger partial charge on any atom is -0.344 e. The lowest BCUT2D eigenvalue weighted by Gasteiger charge is -2.23. The van der Waals surface area contributed by atoms with Crippen molar-refractivity contribution in [3.63, 3.8) is 0 Å². The van der Waals surface area contributed by atoms with Gasteiger partial charge in [-0.05, 0) is 38.6 Å². The van der Waals surface area contributed by atoms with E-state index in [-0.39, 0.29) is 11.4 Å². The van der Waals surface area contributed by atoms with Crippen molar-refractivity contribution in [1.82, 2.24) is 10.2 Å². The summed E-state index contributed by atoms with van der Waals surface area (Å²) in [6.07, 6.45) is 0.940. The molecule has 0 atom stereocenters. The first-order valence-electron chi connectivity index (χ1n) is 5.90. The highest BCUT2D eigenvalue weighted by Gasteiger charge is 2.14. The predicted octanol–water partition coefficient (Wildman–Crippen LogP) is 2.14. The Morgan fingerprint density at radius 1 is 1.47 bits per heavy atom. The van der Waals surface area contributed by atoms with E-state index in [1.807, 2.05) is 13.1 Å². The molecule has 0 saturated carbocycles. The monoisotopic (exact) mass is 254 g/mol. The van der Waals surface area contributed by atoms with Crippen molar-refractivity contribution in [3.8, 4) is 0 Å². The highest BCUT2D eigenvalue weighted by molar-refractivity contribution is 7.09. The first kappa shape index (κ1) is 14.2. The van der Waals surface area contributed by atoms with Crippen molar-refractivity contribution in [2.45, 2.75) is 32.7 Å². The number of carbonyl (C=O) groups excluding carboxylic acids is 1. The largest absolute Gasteiger partial charge is 0.344 e. The molecule has 0 aromatic carbocycles. The molecule has 1 amide bonds. The molecule has 0 aliphatic carbocycles. The summed E-state index contributed by atoms with van der Waals surface area (Å²) in [5.41, 5.74) is -0.00967. The van der Waals surface area contributed by atoms with Gasteiger partial charge in [-0.1, -0.05) is 6.07 Å². The predicted molar refractivity (Wildman–Crippen MR) is 73.4 cm³/mol. The molecule has 1 rings (SSSR count). The summed E-state index contributed by atoms with van der Waals surface area (Å²) in [7, 11) is 1.86. The van der Waals surface area contributed by atoms with Crippen LogP contribution in [0.4, 0.5) is 0 Å². The molecule has 0 fully saturated rings. The molecule has 1 aromatic heterocycles. The van der Waals surface area contributed by atoms with Crippen LogP contribution < -0.4 is 5.32 Å². The smallest absolute Gasteiger partial charge is 0.236 e. The molecule has 1 heterocycles. The van der Waals surface area contributed by atoms with Crippen molar-refractivity contribution in [3.05, 3.63) is 22.4 Å². The molecule has 0 radical (unpaired) electrons. The Balaban J connectivity index is 2.27. The van der Waals surface area contributed by atoms with Crippen molar-refractivity contribution in [2.75, 3.05) is 20.1 Å². The van der Waals surface area contributed by atoms with Gasteiger partial charge >= 0.3 is 0 Å². The molecule has 0 saturated heterocycles. The SMILES string of the molecule is CN(CCc1cccs1)C(=O)CNC(C)(C)C. The standard InChI is InChI=1S/C13H22N2OS/c1-13(2,3)14-10-12(16)15(4)8-7-11-6-5-9-17-11/h5-6,9,14H,7-8,10H2,1-4H3. The third-order valence-corrected chi connectivity index (χ3v) is 3.41. The van der Waals surface area contributed by atoms with E-state index in [2.05, 4.69) is 37.5 Å². The van der Waals surface area contributed by atoms with Crippen LogP contribution in [0.1, 0.15) is 25.6 Å². The molecule has 0 spiro atoms. The van der Waals surface area contributed by atoms with Gasteiger partial charge in [0.2, 0.25) is 5.91 Å². The van der Waals surface area contributed by atoms with E-state index in [1.165, 1.54) is 4.88 Å². The van der Waals surface area contributed by atoms with Gasteiger partial charge in [0.1, 0.15) is 0 Å². The van der Waals surface area contributed by atoms with Gasteiger partial charge in [0.05, 0.1) is 6.54 Å². The topological polar surface area (TPSA) is 32.3 Å². The van der Waals surface area contributed by atoms with E-state index in [4.69, 9.17) is 0 Å². The molecule has 17 heavy (non-hydrogen) atoms. The molecule has 0 aliphatic heterocycles. The van der Waals surface area contributed by atoms with E-state index in [0.29, 0.717) is 6.54 Å². The van der Waals surface area contributed by atoms with Gasteiger partial charge in [-0.15, -0.1) is 11.3 Å². The normalized spacial score (nSPS) is 11.5. The van der Waals surface area contributed by atoms with Crippen LogP contribution in [-0.2, 0) is 11.2 Å². The van der Waals surface area contributed by atoms with Crippen LogP contribution in [0.2, 0.25) is 0 Å². The maximum atomic E-state index is 11.8. The second-order valence-electron chi connectivity index (χ2n) is 5.25. The lowest BCUT2D eigenvalue weighted by molar-refractivity contribution is -0.129.